The Balaban J connectivity index is 2.31. The van der Waals surface area contributed by atoms with Crippen molar-refractivity contribution >= 4 is 46.0 Å². The van der Waals surface area contributed by atoms with Crippen LogP contribution in [0.4, 0.5) is 10.5 Å². The molecule has 11 nitrogen and oxygen atoms in total. The molecule has 0 aliphatic carbocycles. The van der Waals surface area contributed by atoms with Crippen molar-refractivity contribution in [3.8, 4) is 0 Å². The Labute approximate surface area is 190 Å². The lowest BCUT2D eigenvalue weighted by atomic mass is 10.1. The molecule has 0 aliphatic heterocycles. The molecule has 1 aromatic carbocycles. The van der Waals surface area contributed by atoms with E-state index in [0.29, 0.717) is 11.0 Å². The summed E-state index contributed by atoms with van der Waals surface area (Å²) in [6.07, 6.45) is -0.669. The standard InChI is InChI=1S/C20H27N5O6S/c1-19(2,3)30-16(26)10-9-14(21-18(27)31-20(4,5)6)17(32)24-15-11-12(25(28)29)7-8-13(15)22-23-24/h7-8,11,14H,9-10H2,1-6H3,(H,21,27)/t14-/m1/s1. The molecule has 12 heteroatoms. The maximum absolute atomic E-state index is 12.4. The summed E-state index contributed by atoms with van der Waals surface area (Å²) >= 11 is 5.52. The van der Waals surface area contributed by atoms with Crippen molar-refractivity contribution < 1.29 is 24.0 Å². The van der Waals surface area contributed by atoms with Gasteiger partial charge in [-0.15, -0.1) is 5.10 Å². The zero-order valence-electron chi connectivity index (χ0n) is 18.9. The summed E-state index contributed by atoms with van der Waals surface area (Å²) in [5.41, 5.74) is -0.873. The summed E-state index contributed by atoms with van der Waals surface area (Å²) in [7, 11) is 0. The Bertz CT molecular complexity index is 1040. The van der Waals surface area contributed by atoms with Crippen LogP contribution in [0.25, 0.3) is 11.0 Å². The second-order valence-corrected chi connectivity index (χ2v) is 9.51. The summed E-state index contributed by atoms with van der Waals surface area (Å²) in [4.78, 5) is 35.3. The number of thiocarbonyl (C=S) groups is 1. The summed E-state index contributed by atoms with van der Waals surface area (Å²) in [5.74, 6) is -0.463. The normalized spacial score (nSPS) is 12.8. The van der Waals surface area contributed by atoms with E-state index in [2.05, 4.69) is 15.6 Å². The predicted octanol–water partition coefficient (Wildman–Crippen LogP) is 3.53. The molecule has 0 unspecified atom stereocenters. The molecule has 1 atom stereocenters. The summed E-state index contributed by atoms with van der Waals surface area (Å²) in [6.45, 7) is 10.4. The average molecular weight is 466 g/mol. The first kappa shape index (κ1) is 25.1. The molecule has 0 saturated heterocycles. The molecule has 0 bridgehead atoms. The van der Waals surface area contributed by atoms with Gasteiger partial charge in [-0.1, -0.05) is 17.4 Å². The van der Waals surface area contributed by atoms with E-state index in [4.69, 9.17) is 21.7 Å². The lowest BCUT2D eigenvalue weighted by molar-refractivity contribution is -0.384. The Morgan fingerprint density at radius 3 is 2.38 bits per heavy atom. The van der Waals surface area contributed by atoms with Gasteiger partial charge < -0.3 is 14.8 Å². The maximum atomic E-state index is 12.4. The van der Waals surface area contributed by atoms with E-state index in [1.165, 1.54) is 22.9 Å². The highest BCUT2D eigenvalue weighted by Crippen LogP contribution is 2.20. The zero-order chi connectivity index (χ0) is 24.3. The van der Waals surface area contributed by atoms with Gasteiger partial charge in [0, 0.05) is 18.6 Å². The van der Waals surface area contributed by atoms with Crippen LogP contribution in [0, 0.1) is 10.1 Å². The number of fused-ring (bicyclic) bond motifs is 1. The number of nitro benzene ring substituents is 1. The number of hydrogen-bond donors (Lipinski definition) is 1. The van der Waals surface area contributed by atoms with Crippen molar-refractivity contribution in [2.24, 2.45) is 0 Å². The number of hydrogen-bond acceptors (Lipinski definition) is 9. The monoisotopic (exact) mass is 465 g/mol. The van der Waals surface area contributed by atoms with E-state index in [9.17, 15) is 19.7 Å². The fourth-order valence-electron chi connectivity index (χ4n) is 2.69. The second-order valence-electron chi connectivity index (χ2n) is 9.09. The number of nitrogens with one attached hydrogen (secondary N) is 1. The highest BCUT2D eigenvalue weighted by Gasteiger charge is 2.27. The molecule has 174 valence electrons. The minimum atomic E-state index is -0.850. The number of alkyl carbamates (subject to hydrolysis) is 1. The Morgan fingerprint density at radius 2 is 1.81 bits per heavy atom. The van der Waals surface area contributed by atoms with E-state index in [0.717, 1.165) is 0 Å². The third-order valence-electron chi connectivity index (χ3n) is 3.89. The number of non-ortho nitro benzene ring substituents is 1. The molecule has 1 heterocycles. The number of nitro groups is 1. The van der Waals surface area contributed by atoms with E-state index < -0.39 is 34.2 Å². The van der Waals surface area contributed by atoms with Crippen LogP contribution >= 0.6 is 12.2 Å². The number of nitrogens with zero attached hydrogens (tertiary/aromatic N) is 4. The number of benzene rings is 1. The molecule has 2 rings (SSSR count). The number of rotatable bonds is 6. The van der Waals surface area contributed by atoms with Crippen LogP contribution in [0.15, 0.2) is 18.2 Å². The third-order valence-corrected chi connectivity index (χ3v) is 4.35. The minimum Gasteiger partial charge on any atom is -0.460 e. The number of aromatic nitrogens is 3. The van der Waals surface area contributed by atoms with Gasteiger partial charge in [-0.2, -0.15) is 0 Å². The fraction of sp³-hybridized carbons (Fsp3) is 0.550. The van der Waals surface area contributed by atoms with Gasteiger partial charge in [-0.25, -0.2) is 9.48 Å². The summed E-state index contributed by atoms with van der Waals surface area (Å²) < 4.78 is 11.9. The molecule has 0 saturated carbocycles. The molecule has 0 fully saturated rings. The molecule has 0 spiro atoms. The SMILES string of the molecule is CC(C)(C)OC(=O)CC[C@@H](NC(=O)OC(C)(C)C)C(=S)n1nnc2ccc([N+](=O)[O-])cc21. The van der Waals surface area contributed by atoms with Gasteiger partial charge in [0.05, 0.1) is 11.0 Å². The number of carbonyl (C=O) groups is 2. The topological polar surface area (TPSA) is 138 Å². The van der Waals surface area contributed by atoms with Gasteiger partial charge >= 0.3 is 12.1 Å². The van der Waals surface area contributed by atoms with Gasteiger partial charge in [0.1, 0.15) is 27.2 Å². The summed E-state index contributed by atoms with van der Waals surface area (Å²) in [6, 6.07) is 3.21. The van der Waals surface area contributed by atoms with E-state index in [1.54, 1.807) is 41.5 Å². The second kappa shape index (κ2) is 9.55. The van der Waals surface area contributed by atoms with Crippen molar-refractivity contribution in [1.82, 2.24) is 20.3 Å². The number of ether oxygens (including phenoxy) is 2. The molecule has 1 N–H and O–H groups in total. The third kappa shape index (κ3) is 7.22. The smallest absolute Gasteiger partial charge is 0.408 e. The molecule has 2 aromatic rings. The number of esters is 1. The first-order valence-electron chi connectivity index (χ1n) is 9.92. The average Bonchev–Trinajstić information content (AvgIpc) is 3.04. The lowest BCUT2D eigenvalue weighted by Gasteiger charge is -2.24. The zero-order valence-corrected chi connectivity index (χ0v) is 19.7. The molecule has 32 heavy (non-hydrogen) atoms. The van der Waals surface area contributed by atoms with Crippen LogP contribution in [-0.2, 0) is 14.3 Å². The van der Waals surface area contributed by atoms with Crippen LogP contribution in [0.2, 0.25) is 0 Å². The lowest BCUT2D eigenvalue weighted by Crippen LogP contribution is -2.45. The Hall–Kier alpha value is -3.15. The van der Waals surface area contributed by atoms with Gasteiger partial charge in [-0.05, 0) is 54.0 Å². The minimum absolute atomic E-state index is 0.0371. The van der Waals surface area contributed by atoms with Crippen molar-refractivity contribution in [2.45, 2.75) is 71.6 Å². The molecule has 1 amide bonds. The molecule has 0 aliphatic rings. The van der Waals surface area contributed by atoms with E-state index in [-0.39, 0.29) is 23.5 Å². The largest absolute Gasteiger partial charge is 0.460 e. The Kier molecular flexibility index (Phi) is 7.50. The van der Waals surface area contributed by atoms with Crippen LogP contribution in [-0.4, -0.2) is 54.2 Å². The van der Waals surface area contributed by atoms with Crippen LogP contribution in [0.3, 0.4) is 0 Å². The van der Waals surface area contributed by atoms with Crippen LogP contribution in [0.1, 0.15) is 54.4 Å². The molecule has 0 radical (unpaired) electrons. The van der Waals surface area contributed by atoms with E-state index >= 15 is 0 Å². The van der Waals surface area contributed by atoms with Gasteiger partial charge in [-0.3, -0.25) is 14.9 Å². The highest BCUT2D eigenvalue weighted by molar-refractivity contribution is 7.80. The first-order chi connectivity index (χ1) is 14.7. The number of amides is 1. The van der Waals surface area contributed by atoms with Crippen molar-refractivity contribution in [3.05, 3.63) is 28.3 Å². The van der Waals surface area contributed by atoms with Crippen molar-refractivity contribution in [3.63, 3.8) is 0 Å². The molecule has 1 aromatic heterocycles. The fourth-order valence-corrected chi connectivity index (χ4v) is 3.00. The molecular formula is C20H27N5O6S. The van der Waals surface area contributed by atoms with E-state index in [1.807, 2.05) is 0 Å². The maximum Gasteiger partial charge on any atom is 0.408 e. The quantitative estimate of drug-likeness (QED) is 0.294. The highest BCUT2D eigenvalue weighted by atomic mass is 32.1. The Morgan fingerprint density at radius 1 is 1.19 bits per heavy atom. The first-order valence-corrected chi connectivity index (χ1v) is 10.3. The van der Waals surface area contributed by atoms with Gasteiger partial charge in [0.15, 0.2) is 0 Å². The summed E-state index contributed by atoms with van der Waals surface area (Å²) in [5, 5.41) is 21.7. The number of carbonyl (C=O) groups excluding carboxylic acids is 2. The van der Waals surface area contributed by atoms with Crippen LogP contribution < -0.4 is 5.32 Å². The molecular weight excluding hydrogens is 438 g/mol. The van der Waals surface area contributed by atoms with Crippen molar-refractivity contribution in [1.29, 1.82) is 0 Å². The van der Waals surface area contributed by atoms with Crippen molar-refractivity contribution in [2.75, 3.05) is 0 Å². The van der Waals surface area contributed by atoms with Gasteiger partial charge in [0.2, 0.25) is 0 Å². The van der Waals surface area contributed by atoms with Crippen LogP contribution in [0.5, 0.6) is 0 Å². The predicted molar refractivity (Wildman–Crippen MR) is 120 cm³/mol. The van der Waals surface area contributed by atoms with Gasteiger partial charge in [0.25, 0.3) is 5.69 Å².